The molecule has 4 N–H and O–H groups in total. The molecular weight excluding hydrogens is 605 g/mol. The second kappa shape index (κ2) is 16.8. The number of carbonyl (C=O) groups excluding carboxylic acids is 1. The van der Waals surface area contributed by atoms with Gasteiger partial charge in [0.25, 0.3) is 0 Å². The molecule has 4 rings (SSSR count). The van der Waals surface area contributed by atoms with Crippen molar-refractivity contribution in [2.45, 2.75) is 38.5 Å². The summed E-state index contributed by atoms with van der Waals surface area (Å²) in [5.41, 5.74) is -1.07. The number of likely N-dealkylation sites (tertiary alicyclic amines) is 1. The minimum Gasteiger partial charge on any atom is -0.493 e. The number of hydrogen-bond acceptors (Lipinski definition) is 10. The molecule has 1 aromatic carbocycles. The first-order valence-electron chi connectivity index (χ1n) is 15.7. The lowest BCUT2D eigenvalue weighted by Gasteiger charge is -2.33. The summed E-state index contributed by atoms with van der Waals surface area (Å²) in [6, 6.07) is 4.69. The maximum absolute atomic E-state index is 15.0. The number of rotatable bonds is 17. The second-order valence-corrected chi connectivity index (χ2v) is 13.1. The van der Waals surface area contributed by atoms with Crippen LogP contribution in [0.15, 0.2) is 30.6 Å². The van der Waals surface area contributed by atoms with Crippen molar-refractivity contribution < 1.29 is 34.0 Å². The Hall–Kier alpha value is -2.61. The quantitative estimate of drug-likeness (QED) is 0.188. The van der Waals surface area contributed by atoms with Crippen molar-refractivity contribution in [3.63, 3.8) is 0 Å². The van der Waals surface area contributed by atoms with E-state index in [1.54, 1.807) is 36.5 Å². The van der Waals surface area contributed by atoms with Gasteiger partial charge in [-0.25, -0.2) is 14.4 Å². The SMILES string of the molecule is COCC1(CNCC(CO)(CO)CO)CCN(C(=O)Cc2ccc(OCCCC3CCN(c4ncc(Cl)cn4)CC3)cc2F)C1. The van der Waals surface area contributed by atoms with Crippen LogP contribution < -0.4 is 15.0 Å². The Morgan fingerprint density at radius 2 is 1.87 bits per heavy atom. The topological polar surface area (TPSA) is 141 Å². The molecule has 0 bridgehead atoms. The highest BCUT2D eigenvalue weighted by Gasteiger charge is 2.40. The Labute approximate surface area is 269 Å². The van der Waals surface area contributed by atoms with E-state index in [2.05, 4.69) is 20.2 Å². The first-order chi connectivity index (χ1) is 21.7. The van der Waals surface area contributed by atoms with E-state index in [1.165, 1.54) is 6.07 Å². The Morgan fingerprint density at radius 3 is 2.51 bits per heavy atom. The van der Waals surface area contributed by atoms with Gasteiger partial charge in [-0.05, 0) is 49.7 Å². The molecule has 2 saturated heterocycles. The number of nitrogens with zero attached hydrogens (tertiary/aromatic N) is 4. The molecular formula is C32H47ClFN5O6. The molecule has 0 radical (unpaired) electrons. The Balaban J connectivity index is 1.18. The molecule has 0 saturated carbocycles. The highest BCUT2D eigenvalue weighted by Crippen LogP contribution is 2.32. The van der Waals surface area contributed by atoms with E-state index in [4.69, 9.17) is 21.1 Å². The van der Waals surface area contributed by atoms with Crippen LogP contribution in [0, 0.1) is 22.6 Å². The molecule has 0 aliphatic carbocycles. The summed E-state index contributed by atoms with van der Waals surface area (Å²) in [5, 5.41) is 32.5. The number of methoxy groups -OCH3 is 1. The van der Waals surface area contributed by atoms with Gasteiger partial charge in [0.1, 0.15) is 11.6 Å². The van der Waals surface area contributed by atoms with Crippen LogP contribution in [0.3, 0.4) is 0 Å². The van der Waals surface area contributed by atoms with Crippen LogP contribution in [0.2, 0.25) is 5.02 Å². The molecule has 13 heteroatoms. The zero-order chi connectivity index (χ0) is 32.3. The minimum atomic E-state index is -1.02. The van der Waals surface area contributed by atoms with E-state index in [-0.39, 0.29) is 44.1 Å². The molecule has 1 unspecified atom stereocenters. The minimum absolute atomic E-state index is 0.0506. The fourth-order valence-electron chi connectivity index (χ4n) is 6.17. The molecule has 1 amide bonds. The molecule has 2 aromatic rings. The van der Waals surface area contributed by atoms with Gasteiger partial charge in [-0.15, -0.1) is 0 Å². The number of benzene rings is 1. The van der Waals surface area contributed by atoms with Crippen molar-refractivity contribution in [2.75, 3.05) is 84.3 Å². The van der Waals surface area contributed by atoms with Crippen molar-refractivity contribution in [1.29, 1.82) is 0 Å². The van der Waals surface area contributed by atoms with Crippen molar-refractivity contribution in [1.82, 2.24) is 20.2 Å². The van der Waals surface area contributed by atoms with Crippen LogP contribution in [0.1, 0.15) is 37.7 Å². The number of ether oxygens (including phenoxy) is 2. The van der Waals surface area contributed by atoms with E-state index in [1.807, 2.05) is 0 Å². The maximum Gasteiger partial charge on any atom is 0.227 e. The standard InChI is InChI=1S/C32H47ClFN5O6/c1-44-23-31(17-35-18-32(20-40,21-41)22-42)8-11-39(19-31)29(43)13-25-4-5-27(14-28(25)34)45-12-2-3-24-6-9-38(10-7-24)30-36-15-26(33)16-37-30/h4-5,14-16,24,35,40-42H,2-3,6-13,17-23H2,1H3. The van der Waals surface area contributed by atoms with E-state index in [9.17, 15) is 24.5 Å². The van der Waals surface area contributed by atoms with Crippen LogP contribution in [0.5, 0.6) is 5.75 Å². The smallest absolute Gasteiger partial charge is 0.227 e. The van der Waals surface area contributed by atoms with Crippen LogP contribution in [-0.2, 0) is 16.0 Å². The third kappa shape index (κ3) is 9.69. The lowest BCUT2D eigenvalue weighted by Crippen LogP contribution is -2.48. The van der Waals surface area contributed by atoms with Crippen LogP contribution in [0.25, 0.3) is 0 Å². The van der Waals surface area contributed by atoms with Gasteiger partial charge in [0, 0.05) is 57.9 Å². The molecule has 11 nitrogen and oxygen atoms in total. The third-order valence-electron chi connectivity index (χ3n) is 9.14. The van der Waals surface area contributed by atoms with Crippen molar-refractivity contribution in [2.24, 2.45) is 16.7 Å². The van der Waals surface area contributed by atoms with Crippen molar-refractivity contribution >= 4 is 23.5 Å². The molecule has 1 aromatic heterocycles. The summed E-state index contributed by atoms with van der Waals surface area (Å²) < 4.78 is 26.3. The number of nitrogens with one attached hydrogen (secondary N) is 1. The molecule has 2 aliphatic rings. The summed E-state index contributed by atoms with van der Waals surface area (Å²) in [4.78, 5) is 25.7. The van der Waals surface area contributed by atoms with E-state index in [0.29, 0.717) is 67.5 Å². The summed E-state index contributed by atoms with van der Waals surface area (Å²) in [7, 11) is 1.60. The first kappa shape index (κ1) is 35.2. The predicted molar refractivity (Wildman–Crippen MR) is 169 cm³/mol. The number of aliphatic hydroxyl groups is 3. The van der Waals surface area contributed by atoms with E-state index >= 15 is 0 Å². The summed E-state index contributed by atoms with van der Waals surface area (Å²) in [6.45, 7) is 3.30. The number of anilines is 1. The van der Waals surface area contributed by atoms with Gasteiger partial charge in [-0.3, -0.25) is 4.79 Å². The molecule has 2 fully saturated rings. The summed E-state index contributed by atoms with van der Waals surface area (Å²) in [5.74, 6) is 1.14. The molecule has 250 valence electrons. The second-order valence-electron chi connectivity index (χ2n) is 12.6. The number of piperidine rings is 1. The van der Waals surface area contributed by atoms with Gasteiger partial charge in [0.2, 0.25) is 11.9 Å². The fourth-order valence-corrected chi connectivity index (χ4v) is 6.26. The van der Waals surface area contributed by atoms with Gasteiger partial charge in [0.15, 0.2) is 0 Å². The summed E-state index contributed by atoms with van der Waals surface area (Å²) in [6.07, 6.45) is 7.90. The number of aliphatic hydroxyl groups excluding tert-OH is 3. The normalized spacial score (nSPS) is 19.3. The molecule has 3 heterocycles. The van der Waals surface area contributed by atoms with Gasteiger partial charge < -0.3 is 39.9 Å². The monoisotopic (exact) mass is 651 g/mol. The third-order valence-corrected chi connectivity index (χ3v) is 9.34. The fraction of sp³-hybridized carbons (Fsp3) is 0.656. The Bertz CT molecular complexity index is 1210. The van der Waals surface area contributed by atoms with Crippen LogP contribution in [0.4, 0.5) is 10.3 Å². The lowest BCUT2D eigenvalue weighted by molar-refractivity contribution is -0.130. The highest BCUT2D eigenvalue weighted by atomic mass is 35.5. The zero-order valence-corrected chi connectivity index (χ0v) is 26.9. The zero-order valence-electron chi connectivity index (χ0n) is 26.1. The maximum atomic E-state index is 15.0. The average molecular weight is 652 g/mol. The van der Waals surface area contributed by atoms with Gasteiger partial charge >= 0.3 is 0 Å². The number of halogens is 2. The number of hydrogen-bond donors (Lipinski definition) is 4. The summed E-state index contributed by atoms with van der Waals surface area (Å²) >= 11 is 5.89. The first-order valence-corrected chi connectivity index (χ1v) is 16.1. The lowest BCUT2D eigenvalue weighted by atomic mass is 9.86. The van der Waals surface area contributed by atoms with Gasteiger partial charge in [-0.2, -0.15) is 0 Å². The van der Waals surface area contributed by atoms with E-state index < -0.39 is 11.2 Å². The molecule has 45 heavy (non-hydrogen) atoms. The van der Waals surface area contributed by atoms with Gasteiger partial charge in [0.05, 0.1) is 62.3 Å². The highest BCUT2D eigenvalue weighted by molar-refractivity contribution is 6.30. The van der Waals surface area contributed by atoms with E-state index in [0.717, 1.165) is 38.8 Å². The van der Waals surface area contributed by atoms with Crippen molar-refractivity contribution in [3.8, 4) is 5.75 Å². The van der Waals surface area contributed by atoms with Crippen LogP contribution in [-0.4, -0.2) is 116 Å². The largest absolute Gasteiger partial charge is 0.493 e. The Kier molecular flexibility index (Phi) is 13.2. The molecule has 2 aliphatic heterocycles. The van der Waals surface area contributed by atoms with Crippen LogP contribution >= 0.6 is 11.6 Å². The number of amides is 1. The van der Waals surface area contributed by atoms with Gasteiger partial charge in [-0.1, -0.05) is 17.7 Å². The molecule has 1 atom stereocenters. The predicted octanol–water partition coefficient (Wildman–Crippen LogP) is 2.31. The average Bonchev–Trinajstić information content (AvgIpc) is 3.48. The van der Waals surface area contributed by atoms with Crippen molar-refractivity contribution in [3.05, 3.63) is 47.0 Å². The Morgan fingerprint density at radius 1 is 1.16 bits per heavy atom. The number of carbonyl (C=O) groups is 1. The number of aromatic nitrogens is 2. The molecule has 0 spiro atoms.